The molecule has 0 spiro atoms. The van der Waals surface area contributed by atoms with E-state index in [9.17, 15) is 9.59 Å². The summed E-state index contributed by atoms with van der Waals surface area (Å²) in [5.41, 5.74) is 14.1. The maximum absolute atomic E-state index is 12.8. The zero-order valence-corrected chi connectivity index (χ0v) is 17.8. The fourth-order valence-corrected chi connectivity index (χ4v) is 4.98. The van der Waals surface area contributed by atoms with E-state index in [0.717, 1.165) is 34.7 Å². The molecule has 0 aliphatic heterocycles. The number of anilines is 2. The Morgan fingerprint density at radius 2 is 1.97 bits per heavy atom. The van der Waals surface area contributed by atoms with Crippen LogP contribution in [-0.2, 0) is 17.9 Å². The Bertz CT molecular complexity index is 951. The number of nitrogens with two attached hydrogens (primary N) is 2. The van der Waals surface area contributed by atoms with Crippen LogP contribution in [0.1, 0.15) is 49.1 Å². The highest BCUT2D eigenvalue weighted by Crippen LogP contribution is 2.35. The molecule has 2 aromatic rings. The predicted octanol–water partition coefficient (Wildman–Crippen LogP) is 2.77. The Labute approximate surface area is 175 Å². The second-order valence-corrected chi connectivity index (χ2v) is 8.93. The lowest BCUT2D eigenvalue weighted by molar-refractivity contribution is -0.121. The minimum absolute atomic E-state index is 0.0648. The Kier molecular flexibility index (Phi) is 6.84. The van der Waals surface area contributed by atoms with Gasteiger partial charge in [0.2, 0.25) is 5.91 Å². The van der Waals surface area contributed by atoms with Crippen LogP contribution in [-0.4, -0.2) is 20.7 Å². The summed E-state index contributed by atoms with van der Waals surface area (Å²) in [6.45, 7) is 3.95. The summed E-state index contributed by atoms with van der Waals surface area (Å²) in [7, 11) is 0. The Morgan fingerprint density at radius 3 is 2.66 bits per heavy atom. The third-order valence-corrected chi connectivity index (χ3v) is 6.74. The number of carbonyl (C=O) groups is 1. The number of aryl methyl sites for hydroxylation is 2. The number of carbonyl (C=O) groups excluding carboxylic acids is 1. The van der Waals surface area contributed by atoms with Gasteiger partial charge in [0, 0.05) is 28.1 Å². The molecule has 0 saturated heterocycles. The molecule has 1 aliphatic rings. The molecule has 29 heavy (non-hydrogen) atoms. The molecule has 0 atom stereocenters. The van der Waals surface area contributed by atoms with Crippen LogP contribution in [0.15, 0.2) is 27.9 Å². The van der Waals surface area contributed by atoms with Crippen molar-refractivity contribution in [3.63, 3.8) is 0 Å². The Hall–Kier alpha value is -2.48. The minimum atomic E-state index is -0.302. The third kappa shape index (κ3) is 5.32. The van der Waals surface area contributed by atoms with E-state index in [1.165, 1.54) is 23.8 Å². The molecule has 1 saturated carbocycles. The number of thioether (sulfide) groups is 1. The van der Waals surface area contributed by atoms with Gasteiger partial charge in [0.15, 0.2) is 0 Å². The van der Waals surface area contributed by atoms with Gasteiger partial charge in [-0.2, -0.15) is 0 Å². The standard InChI is InChI=1S/C21H29N5O2S/c1-13-10-17(29-16-6-4-3-5-7-16)20(23)21(28)26(13)12-19(27)24-11-15-8-9-18(22)25-14(15)2/h8-10,16H,3-7,11-12,23H2,1-2H3,(H2,22,25)(H,24,27). The number of nitrogen functional groups attached to an aromatic ring is 2. The van der Waals surface area contributed by atoms with Crippen LogP contribution in [0.25, 0.3) is 0 Å². The lowest BCUT2D eigenvalue weighted by Gasteiger charge is -2.22. The summed E-state index contributed by atoms with van der Waals surface area (Å²) in [6.07, 6.45) is 6.07. The summed E-state index contributed by atoms with van der Waals surface area (Å²) in [4.78, 5) is 30.2. The zero-order valence-electron chi connectivity index (χ0n) is 17.0. The van der Waals surface area contributed by atoms with E-state index >= 15 is 0 Å². The van der Waals surface area contributed by atoms with E-state index in [2.05, 4.69) is 10.3 Å². The van der Waals surface area contributed by atoms with Crippen molar-refractivity contribution in [1.82, 2.24) is 14.9 Å². The average molecular weight is 416 g/mol. The second kappa shape index (κ2) is 9.35. The van der Waals surface area contributed by atoms with Crippen LogP contribution < -0.4 is 22.3 Å². The number of nitrogens with one attached hydrogen (secondary N) is 1. The van der Waals surface area contributed by atoms with Gasteiger partial charge in [0.1, 0.15) is 18.1 Å². The van der Waals surface area contributed by atoms with E-state index in [4.69, 9.17) is 11.5 Å². The quantitative estimate of drug-likeness (QED) is 0.668. The van der Waals surface area contributed by atoms with Gasteiger partial charge in [0.25, 0.3) is 5.56 Å². The molecule has 8 heteroatoms. The number of amides is 1. The first-order valence-electron chi connectivity index (χ1n) is 10.0. The summed E-state index contributed by atoms with van der Waals surface area (Å²) in [5, 5.41) is 3.35. The molecule has 0 bridgehead atoms. The number of hydrogen-bond donors (Lipinski definition) is 3. The van der Waals surface area contributed by atoms with E-state index in [-0.39, 0.29) is 23.7 Å². The number of pyridine rings is 2. The van der Waals surface area contributed by atoms with Gasteiger partial charge in [-0.05, 0) is 44.4 Å². The van der Waals surface area contributed by atoms with Crippen molar-refractivity contribution in [1.29, 1.82) is 0 Å². The van der Waals surface area contributed by atoms with Crippen molar-refractivity contribution in [2.45, 2.75) is 69.2 Å². The summed E-state index contributed by atoms with van der Waals surface area (Å²) in [6, 6.07) is 5.47. The largest absolute Gasteiger partial charge is 0.393 e. The number of aromatic nitrogens is 2. The van der Waals surface area contributed by atoms with Crippen LogP contribution in [0.2, 0.25) is 0 Å². The van der Waals surface area contributed by atoms with Crippen LogP contribution in [0.5, 0.6) is 0 Å². The molecule has 0 radical (unpaired) electrons. The molecule has 1 aliphatic carbocycles. The van der Waals surface area contributed by atoms with Gasteiger partial charge < -0.3 is 21.4 Å². The van der Waals surface area contributed by atoms with Crippen molar-refractivity contribution in [2.75, 3.05) is 11.5 Å². The number of nitrogens with zero attached hydrogens (tertiary/aromatic N) is 2. The maximum atomic E-state index is 12.8. The molecule has 7 nitrogen and oxygen atoms in total. The van der Waals surface area contributed by atoms with Crippen LogP contribution in [0.3, 0.4) is 0 Å². The monoisotopic (exact) mass is 415 g/mol. The fourth-order valence-electron chi connectivity index (χ4n) is 3.60. The van der Waals surface area contributed by atoms with Crippen molar-refractivity contribution < 1.29 is 4.79 Å². The first-order valence-corrected chi connectivity index (χ1v) is 10.9. The number of rotatable bonds is 6. The van der Waals surface area contributed by atoms with Crippen molar-refractivity contribution >= 4 is 29.2 Å². The summed E-state index contributed by atoms with van der Waals surface area (Å²) in [5.74, 6) is 0.194. The van der Waals surface area contributed by atoms with Gasteiger partial charge >= 0.3 is 0 Å². The van der Waals surface area contributed by atoms with E-state index < -0.39 is 0 Å². The minimum Gasteiger partial charge on any atom is -0.393 e. The smallest absolute Gasteiger partial charge is 0.275 e. The van der Waals surface area contributed by atoms with Crippen molar-refractivity contribution in [3.05, 3.63) is 45.5 Å². The zero-order chi connectivity index (χ0) is 21.0. The van der Waals surface area contributed by atoms with Gasteiger partial charge in [0.05, 0.1) is 0 Å². The number of hydrogen-bond acceptors (Lipinski definition) is 6. The SMILES string of the molecule is Cc1nc(N)ccc1CNC(=O)Cn1c(C)cc(SC2CCCCC2)c(N)c1=O. The molecular weight excluding hydrogens is 386 g/mol. The van der Waals surface area contributed by atoms with Gasteiger partial charge in [-0.25, -0.2) is 4.98 Å². The topological polar surface area (TPSA) is 116 Å². The van der Waals surface area contributed by atoms with Gasteiger partial charge in [-0.3, -0.25) is 9.59 Å². The van der Waals surface area contributed by atoms with Gasteiger partial charge in [-0.15, -0.1) is 11.8 Å². The van der Waals surface area contributed by atoms with E-state index in [1.807, 2.05) is 26.0 Å². The Morgan fingerprint density at radius 1 is 1.24 bits per heavy atom. The summed E-state index contributed by atoms with van der Waals surface area (Å²) < 4.78 is 1.43. The summed E-state index contributed by atoms with van der Waals surface area (Å²) >= 11 is 1.70. The highest BCUT2D eigenvalue weighted by atomic mass is 32.2. The predicted molar refractivity (Wildman–Crippen MR) is 118 cm³/mol. The van der Waals surface area contributed by atoms with Crippen LogP contribution >= 0.6 is 11.8 Å². The molecule has 5 N–H and O–H groups in total. The third-order valence-electron chi connectivity index (χ3n) is 5.35. The van der Waals surface area contributed by atoms with E-state index in [1.54, 1.807) is 17.8 Å². The fraction of sp³-hybridized carbons (Fsp3) is 0.476. The molecule has 2 aromatic heterocycles. The molecule has 0 aromatic carbocycles. The molecule has 1 amide bonds. The van der Waals surface area contributed by atoms with Crippen LogP contribution in [0, 0.1) is 13.8 Å². The lowest BCUT2D eigenvalue weighted by atomic mass is 10.0. The highest BCUT2D eigenvalue weighted by molar-refractivity contribution is 8.00. The second-order valence-electron chi connectivity index (χ2n) is 7.59. The molecule has 3 rings (SSSR count). The van der Waals surface area contributed by atoms with Gasteiger partial charge in [-0.1, -0.05) is 25.3 Å². The molecule has 2 heterocycles. The average Bonchev–Trinajstić information content (AvgIpc) is 2.69. The van der Waals surface area contributed by atoms with Crippen LogP contribution in [0.4, 0.5) is 11.5 Å². The van der Waals surface area contributed by atoms with E-state index in [0.29, 0.717) is 17.6 Å². The molecule has 1 fully saturated rings. The highest BCUT2D eigenvalue weighted by Gasteiger charge is 2.19. The van der Waals surface area contributed by atoms with Crippen molar-refractivity contribution in [3.8, 4) is 0 Å². The molecule has 0 unspecified atom stereocenters. The molecule has 156 valence electrons. The maximum Gasteiger partial charge on any atom is 0.275 e. The first kappa shape index (κ1) is 21.2. The lowest BCUT2D eigenvalue weighted by Crippen LogP contribution is -2.34. The normalized spacial score (nSPS) is 14.7. The Balaban J connectivity index is 1.67. The first-order chi connectivity index (χ1) is 13.8. The molecular formula is C21H29N5O2S. The van der Waals surface area contributed by atoms with Crippen molar-refractivity contribution in [2.24, 2.45) is 0 Å².